The maximum atomic E-state index is 12.4. The van der Waals surface area contributed by atoms with Gasteiger partial charge in [-0.05, 0) is 45.0 Å². The highest BCUT2D eigenvalue weighted by molar-refractivity contribution is 6.37. The Morgan fingerprint density at radius 2 is 2.06 bits per heavy atom. The maximum Gasteiger partial charge on any atom is 0.181 e. The average Bonchev–Trinajstić information content (AvgIpc) is 2.24. The van der Waals surface area contributed by atoms with E-state index in [0.29, 0.717) is 21.7 Å². The predicted octanol–water partition coefficient (Wildman–Crippen LogP) is 4.05. The number of likely N-dealkylation sites (N-methyl/N-ethyl adjacent to an activating group) is 1. The first-order valence-electron chi connectivity index (χ1n) is 6.22. The summed E-state index contributed by atoms with van der Waals surface area (Å²) in [6.07, 6.45) is 3.63. The van der Waals surface area contributed by atoms with Gasteiger partial charge in [0, 0.05) is 16.6 Å². The van der Waals surface area contributed by atoms with Gasteiger partial charge in [0.2, 0.25) is 0 Å². The average molecular weight is 286 g/mol. The van der Waals surface area contributed by atoms with Crippen LogP contribution >= 0.6 is 23.2 Å². The maximum absolute atomic E-state index is 12.4. The van der Waals surface area contributed by atoms with Crippen LogP contribution in [0.3, 0.4) is 0 Å². The Bertz CT molecular complexity index is 457. The zero-order chi connectivity index (χ0) is 13.3. The van der Waals surface area contributed by atoms with E-state index in [0.717, 1.165) is 0 Å². The summed E-state index contributed by atoms with van der Waals surface area (Å²) in [5.74, 6) is 0.0612. The molecule has 2 rings (SSSR count). The normalized spacial score (nSPS) is 17.6. The lowest BCUT2D eigenvalue weighted by molar-refractivity contribution is 0.0723. The molecule has 1 saturated carbocycles. The van der Waals surface area contributed by atoms with Gasteiger partial charge < -0.3 is 0 Å². The molecule has 0 heterocycles. The zero-order valence-corrected chi connectivity index (χ0v) is 12.1. The highest BCUT2D eigenvalue weighted by Crippen LogP contribution is 2.28. The minimum absolute atomic E-state index is 0.0612. The molecular weight excluding hydrogens is 269 g/mol. The summed E-state index contributed by atoms with van der Waals surface area (Å²) in [4.78, 5) is 14.5. The van der Waals surface area contributed by atoms with Crippen LogP contribution in [-0.4, -0.2) is 29.8 Å². The molecule has 0 bridgehead atoms. The molecule has 0 N–H and O–H groups in total. The van der Waals surface area contributed by atoms with Crippen LogP contribution in [0.1, 0.15) is 36.5 Å². The van der Waals surface area contributed by atoms with Gasteiger partial charge in [0.1, 0.15) is 0 Å². The van der Waals surface area contributed by atoms with Crippen LogP contribution in [0.25, 0.3) is 0 Å². The van der Waals surface area contributed by atoms with Gasteiger partial charge in [-0.1, -0.05) is 29.6 Å². The second-order valence-electron chi connectivity index (χ2n) is 4.91. The van der Waals surface area contributed by atoms with Crippen molar-refractivity contribution in [1.82, 2.24) is 4.90 Å². The van der Waals surface area contributed by atoms with Gasteiger partial charge >= 0.3 is 0 Å². The smallest absolute Gasteiger partial charge is 0.181 e. The molecule has 0 aliphatic heterocycles. The zero-order valence-electron chi connectivity index (χ0n) is 10.6. The standard InChI is InChI=1S/C14H17Cl2NO/c1-9(17(2)11-4-3-5-11)14(18)12-7-6-10(15)8-13(12)16/h6-9,11H,3-5H2,1-2H3. The van der Waals surface area contributed by atoms with Crippen molar-refractivity contribution in [1.29, 1.82) is 0 Å². The van der Waals surface area contributed by atoms with E-state index in [4.69, 9.17) is 23.2 Å². The highest BCUT2D eigenvalue weighted by atomic mass is 35.5. The van der Waals surface area contributed by atoms with Crippen LogP contribution in [0.15, 0.2) is 18.2 Å². The molecule has 1 aromatic carbocycles. The number of ketones is 1. The second-order valence-corrected chi connectivity index (χ2v) is 5.76. The Labute approximate surface area is 118 Å². The molecule has 1 aromatic rings. The molecule has 0 saturated heterocycles. The fourth-order valence-corrected chi connectivity index (χ4v) is 2.71. The van der Waals surface area contributed by atoms with Crippen LogP contribution in [0.5, 0.6) is 0 Å². The van der Waals surface area contributed by atoms with E-state index in [1.54, 1.807) is 18.2 Å². The van der Waals surface area contributed by atoms with Crippen LogP contribution in [0, 0.1) is 0 Å². The van der Waals surface area contributed by atoms with Gasteiger partial charge in [-0.25, -0.2) is 0 Å². The molecule has 98 valence electrons. The van der Waals surface area contributed by atoms with E-state index in [1.807, 2.05) is 14.0 Å². The van der Waals surface area contributed by atoms with E-state index >= 15 is 0 Å². The van der Waals surface area contributed by atoms with Crippen molar-refractivity contribution in [3.63, 3.8) is 0 Å². The molecule has 0 amide bonds. The van der Waals surface area contributed by atoms with Crippen molar-refractivity contribution in [2.75, 3.05) is 7.05 Å². The number of benzene rings is 1. The summed E-state index contributed by atoms with van der Waals surface area (Å²) >= 11 is 11.9. The van der Waals surface area contributed by atoms with Crippen molar-refractivity contribution in [3.05, 3.63) is 33.8 Å². The van der Waals surface area contributed by atoms with E-state index in [9.17, 15) is 4.79 Å². The van der Waals surface area contributed by atoms with E-state index in [2.05, 4.69) is 4.90 Å². The summed E-state index contributed by atoms with van der Waals surface area (Å²) in [5.41, 5.74) is 0.555. The molecule has 4 heteroatoms. The van der Waals surface area contributed by atoms with Crippen molar-refractivity contribution in [2.45, 2.75) is 38.3 Å². The first-order chi connectivity index (χ1) is 8.50. The van der Waals surface area contributed by atoms with Gasteiger partial charge in [0.05, 0.1) is 11.1 Å². The summed E-state index contributed by atoms with van der Waals surface area (Å²) < 4.78 is 0. The lowest BCUT2D eigenvalue weighted by atomic mass is 9.90. The molecule has 0 spiro atoms. The van der Waals surface area contributed by atoms with Crippen molar-refractivity contribution >= 4 is 29.0 Å². The third-order valence-electron chi connectivity index (χ3n) is 3.84. The quantitative estimate of drug-likeness (QED) is 0.778. The summed E-state index contributed by atoms with van der Waals surface area (Å²) in [6, 6.07) is 5.42. The van der Waals surface area contributed by atoms with Crippen molar-refractivity contribution in [2.24, 2.45) is 0 Å². The Kier molecular flexibility index (Phi) is 4.31. The van der Waals surface area contributed by atoms with Crippen LogP contribution < -0.4 is 0 Å². The third kappa shape index (κ3) is 2.71. The number of hydrogen-bond acceptors (Lipinski definition) is 2. The Hall–Kier alpha value is -0.570. The van der Waals surface area contributed by atoms with Gasteiger partial charge in [-0.2, -0.15) is 0 Å². The first kappa shape index (κ1) is 13.9. The van der Waals surface area contributed by atoms with E-state index in [-0.39, 0.29) is 11.8 Å². The topological polar surface area (TPSA) is 20.3 Å². The fraction of sp³-hybridized carbons (Fsp3) is 0.500. The predicted molar refractivity (Wildman–Crippen MR) is 75.7 cm³/mol. The molecule has 2 nitrogen and oxygen atoms in total. The van der Waals surface area contributed by atoms with E-state index in [1.165, 1.54) is 19.3 Å². The number of rotatable bonds is 4. The number of Topliss-reactive ketones (excluding diaryl/α,β-unsaturated/α-hetero) is 1. The Balaban J connectivity index is 2.14. The lowest BCUT2D eigenvalue weighted by Gasteiger charge is -2.38. The van der Waals surface area contributed by atoms with Gasteiger partial charge in [0.15, 0.2) is 5.78 Å². The number of nitrogens with zero attached hydrogens (tertiary/aromatic N) is 1. The van der Waals surface area contributed by atoms with Gasteiger partial charge in [0.25, 0.3) is 0 Å². The number of carbonyl (C=O) groups excluding carboxylic acids is 1. The van der Waals surface area contributed by atoms with Crippen molar-refractivity contribution in [3.8, 4) is 0 Å². The summed E-state index contributed by atoms with van der Waals surface area (Å²) in [6.45, 7) is 1.94. The first-order valence-corrected chi connectivity index (χ1v) is 6.97. The molecule has 1 atom stereocenters. The highest BCUT2D eigenvalue weighted by Gasteiger charge is 2.29. The van der Waals surface area contributed by atoms with Crippen molar-refractivity contribution < 1.29 is 4.79 Å². The Morgan fingerprint density at radius 1 is 1.39 bits per heavy atom. The molecule has 18 heavy (non-hydrogen) atoms. The van der Waals surface area contributed by atoms with Crippen LogP contribution in [0.4, 0.5) is 0 Å². The molecule has 1 unspecified atom stereocenters. The molecular formula is C14H17Cl2NO. The number of carbonyl (C=O) groups is 1. The van der Waals surface area contributed by atoms with E-state index < -0.39 is 0 Å². The largest absolute Gasteiger partial charge is 0.294 e. The molecule has 0 aromatic heterocycles. The lowest BCUT2D eigenvalue weighted by Crippen LogP contribution is -2.46. The number of halogens is 2. The summed E-state index contributed by atoms with van der Waals surface area (Å²) in [7, 11) is 2.01. The minimum atomic E-state index is -0.144. The fourth-order valence-electron chi connectivity index (χ4n) is 2.21. The second kappa shape index (κ2) is 5.60. The Morgan fingerprint density at radius 3 is 2.56 bits per heavy atom. The third-order valence-corrected chi connectivity index (χ3v) is 4.39. The molecule has 1 aliphatic carbocycles. The SMILES string of the molecule is CC(C(=O)c1ccc(Cl)cc1Cl)N(C)C1CCC1. The number of hydrogen-bond donors (Lipinski definition) is 0. The monoisotopic (exact) mass is 285 g/mol. The van der Waals surface area contributed by atoms with Gasteiger partial charge in [-0.15, -0.1) is 0 Å². The molecule has 1 fully saturated rings. The summed E-state index contributed by atoms with van der Waals surface area (Å²) in [5, 5.41) is 0.984. The molecule has 1 aliphatic rings. The van der Waals surface area contributed by atoms with Gasteiger partial charge in [-0.3, -0.25) is 9.69 Å². The minimum Gasteiger partial charge on any atom is -0.294 e. The van der Waals surface area contributed by atoms with Crippen LogP contribution in [-0.2, 0) is 0 Å². The van der Waals surface area contributed by atoms with Crippen LogP contribution in [0.2, 0.25) is 10.0 Å². The molecule has 0 radical (unpaired) electrons.